The van der Waals surface area contributed by atoms with Crippen molar-refractivity contribution in [3.63, 3.8) is 0 Å². The van der Waals surface area contributed by atoms with E-state index in [0.717, 1.165) is 78.4 Å². The Morgan fingerprint density at radius 3 is 2.58 bits per heavy atom. The lowest BCUT2D eigenvalue weighted by Crippen LogP contribution is -2.37. The van der Waals surface area contributed by atoms with Gasteiger partial charge in [0.15, 0.2) is 17.3 Å². The molecule has 0 spiro atoms. The number of hydrogen-bond acceptors (Lipinski definition) is 8. The van der Waals surface area contributed by atoms with E-state index in [4.69, 9.17) is 29.2 Å². The zero-order valence-corrected chi connectivity index (χ0v) is 21.2. The molecule has 1 N–H and O–H groups in total. The normalized spacial score (nSPS) is 14.9. The van der Waals surface area contributed by atoms with Crippen LogP contribution in [-0.2, 0) is 24.0 Å². The highest BCUT2D eigenvalue weighted by Gasteiger charge is 2.26. The molecular weight excluding hydrogens is 454 g/mol. The number of anilines is 2. The molecule has 0 saturated carbocycles. The minimum atomic E-state index is 0.672. The Hall–Kier alpha value is -3.65. The maximum absolute atomic E-state index is 5.58. The number of aryl methyl sites for hydroxylation is 3. The Bertz CT molecular complexity index is 1250. The topological polar surface area (TPSA) is 81.1 Å². The summed E-state index contributed by atoms with van der Waals surface area (Å²) in [5.74, 6) is 4.19. The van der Waals surface area contributed by atoms with Crippen molar-refractivity contribution < 1.29 is 14.2 Å². The Balaban J connectivity index is 1.33. The van der Waals surface area contributed by atoms with Crippen LogP contribution in [0.25, 0.3) is 0 Å². The van der Waals surface area contributed by atoms with Gasteiger partial charge in [0.25, 0.3) is 0 Å². The molecule has 0 bridgehead atoms. The van der Waals surface area contributed by atoms with Crippen LogP contribution in [0.1, 0.15) is 29.1 Å². The van der Waals surface area contributed by atoms with Crippen LogP contribution in [0.15, 0.2) is 47.5 Å². The average Bonchev–Trinajstić information content (AvgIpc) is 3.30. The maximum Gasteiger partial charge on any atom is 0.160 e. The first kappa shape index (κ1) is 24.1. The SMILES string of the molecule is COc1ccc(CCCc2nc3c(c(N4CCOCC4)n2)N=C(Nc2cccc(C)c2)C3)cc1OC. The molecule has 8 heteroatoms. The van der Waals surface area contributed by atoms with Gasteiger partial charge >= 0.3 is 0 Å². The standard InChI is InChI=1S/C28H33N5O3/c1-19-6-4-8-21(16-19)29-26-18-22-27(31-26)28(33-12-14-36-15-13-33)32-25(30-22)9-5-7-20-10-11-23(34-2)24(17-20)35-3/h4,6,8,10-11,16-17H,5,7,9,12-15,18H2,1-3H3,(H,29,31). The third-order valence-electron chi connectivity index (χ3n) is 6.50. The molecule has 2 aliphatic rings. The molecule has 188 valence electrons. The van der Waals surface area contributed by atoms with Crippen molar-refractivity contribution in [2.45, 2.75) is 32.6 Å². The van der Waals surface area contributed by atoms with Gasteiger partial charge in [-0.25, -0.2) is 15.0 Å². The van der Waals surface area contributed by atoms with Gasteiger partial charge in [0, 0.05) is 25.2 Å². The fraction of sp³-hybridized carbons (Fsp3) is 0.393. The highest BCUT2D eigenvalue weighted by Crippen LogP contribution is 2.35. The van der Waals surface area contributed by atoms with Gasteiger partial charge in [-0.1, -0.05) is 18.2 Å². The fourth-order valence-electron chi connectivity index (χ4n) is 4.66. The second-order valence-corrected chi connectivity index (χ2v) is 9.13. The van der Waals surface area contributed by atoms with Gasteiger partial charge in [0.05, 0.1) is 39.5 Å². The number of hydrogen-bond donors (Lipinski definition) is 1. The van der Waals surface area contributed by atoms with E-state index >= 15 is 0 Å². The molecule has 1 aromatic heterocycles. The van der Waals surface area contributed by atoms with Crippen molar-refractivity contribution in [2.24, 2.45) is 4.99 Å². The first-order valence-electron chi connectivity index (χ1n) is 12.5. The highest BCUT2D eigenvalue weighted by atomic mass is 16.5. The second-order valence-electron chi connectivity index (χ2n) is 9.13. The van der Waals surface area contributed by atoms with Crippen LogP contribution < -0.4 is 19.7 Å². The summed E-state index contributed by atoms with van der Waals surface area (Å²) in [7, 11) is 3.32. The van der Waals surface area contributed by atoms with Crippen LogP contribution in [0.2, 0.25) is 0 Å². The predicted molar refractivity (Wildman–Crippen MR) is 142 cm³/mol. The Morgan fingerprint density at radius 1 is 0.972 bits per heavy atom. The maximum atomic E-state index is 5.58. The van der Waals surface area contributed by atoms with Crippen molar-refractivity contribution >= 4 is 23.0 Å². The van der Waals surface area contributed by atoms with E-state index in [9.17, 15) is 0 Å². The molecule has 0 aliphatic carbocycles. The van der Waals surface area contributed by atoms with Crippen molar-refractivity contribution in [1.82, 2.24) is 9.97 Å². The summed E-state index contributed by atoms with van der Waals surface area (Å²) < 4.78 is 16.4. The van der Waals surface area contributed by atoms with E-state index < -0.39 is 0 Å². The summed E-state index contributed by atoms with van der Waals surface area (Å²) in [6.45, 7) is 5.11. The summed E-state index contributed by atoms with van der Waals surface area (Å²) in [4.78, 5) is 17.1. The van der Waals surface area contributed by atoms with Crippen molar-refractivity contribution in [2.75, 3.05) is 50.7 Å². The van der Waals surface area contributed by atoms with Crippen LogP contribution in [-0.4, -0.2) is 56.3 Å². The quantitative estimate of drug-likeness (QED) is 0.501. The smallest absolute Gasteiger partial charge is 0.160 e. The van der Waals surface area contributed by atoms with E-state index in [1.54, 1.807) is 14.2 Å². The minimum Gasteiger partial charge on any atom is -0.493 e. The number of morpholine rings is 1. The van der Waals surface area contributed by atoms with E-state index in [1.807, 2.05) is 12.1 Å². The van der Waals surface area contributed by atoms with E-state index in [2.05, 4.69) is 47.5 Å². The van der Waals surface area contributed by atoms with Crippen LogP contribution in [0.3, 0.4) is 0 Å². The molecule has 36 heavy (non-hydrogen) atoms. The fourth-order valence-corrected chi connectivity index (χ4v) is 4.66. The molecule has 3 heterocycles. The van der Waals surface area contributed by atoms with Crippen LogP contribution in [0.5, 0.6) is 11.5 Å². The molecular formula is C28H33N5O3. The molecule has 0 amide bonds. The van der Waals surface area contributed by atoms with Gasteiger partial charge in [0.2, 0.25) is 0 Å². The molecule has 1 saturated heterocycles. The van der Waals surface area contributed by atoms with Crippen molar-refractivity contribution in [1.29, 1.82) is 0 Å². The molecule has 0 atom stereocenters. The summed E-state index contributed by atoms with van der Waals surface area (Å²) in [5.41, 5.74) is 5.33. The van der Waals surface area contributed by atoms with Gasteiger partial charge in [-0.3, -0.25) is 0 Å². The van der Waals surface area contributed by atoms with Gasteiger partial charge < -0.3 is 24.4 Å². The van der Waals surface area contributed by atoms with Crippen molar-refractivity contribution in [3.8, 4) is 11.5 Å². The first-order chi connectivity index (χ1) is 17.6. The van der Waals surface area contributed by atoms with E-state index in [0.29, 0.717) is 19.6 Å². The van der Waals surface area contributed by atoms with Gasteiger partial charge in [-0.2, -0.15) is 0 Å². The number of aliphatic imine (C=N–C) groups is 1. The highest BCUT2D eigenvalue weighted by molar-refractivity contribution is 6.03. The number of rotatable bonds is 8. The summed E-state index contributed by atoms with van der Waals surface area (Å²) in [6, 6.07) is 14.4. The zero-order valence-electron chi connectivity index (χ0n) is 21.2. The number of methoxy groups -OCH3 is 2. The van der Waals surface area contributed by atoms with Gasteiger partial charge in [-0.05, 0) is 55.2 Å². The number of amidine groups is 1. The summed E-state index contributed by atoms with van der Waals surface area (Å²) in [6.07, 6.45) is 3.31. The third-order valence-corrected chi connectivity index (χ3v) is 6.50. The van der Waals surface area contributed by atoms with Crippen LogP contribution in [0.4, 0.5) is 17.2 Å². The number of ether oxygens (including phenoxy) is 3. The van der Waals surface area contributed by atoms with Crippen LogP contribution in [0, 0.1) is 6.92 Å². The number of aromatic nitrogens is 2. The van der Waals surface area contributed by atoms with Gasteiger partial charge in [-0.15, -0.1) is 0 Å². The zero-order chi connectivity index (χ0) is 24.9. The lowest BCUT2D eigenvalue weighted by molar-refractivity contribution is 0.122. The lowest BCUT2D eigenvalue weighted by atomic mass is 10.1. The Labute approximate surface area is 212 Å². The average molecular weight is 488 g/mol. The monoisotopic (exact) mass is 487 g/mol. The number of benzene rings is 2. The van der Waals surface area contributed by atoms with E-state index in [-0.39, 0.29) is 0 Å². The molecule has 3 aromatic rings. The third kappa shape index (κ3) is 5.44. The molecule has 1 fully saturated rings. The summed E-state index contributed by atoms with van der Waals surface area (Å²) in [5, 5.41) is 3.48. The number of fused-ring (bicyclic) bond motifs is 1. The molecule has 5 rings (SSSR count). The Kier molecular flexibility index (Phi) is 7.32. The second kappa shape index (κ2) is 11.0. The lowest BCUT2D eigenvalue weighted by Gasteiger charge is -2.28. The first-order valence-corrected chi connectivity index (χ1v) is 12.5. The molecule has 2 aromatic carbocycles. The van der Waals surface area contributed by atoms with Crippen LogP contribution >= 0.6 is 0 Å². The van der Waals surface area contributed by atoms with Gasteiger partial charge in [0.1, 0.15) is 17.3 Å². The number of nitrogens with zero attached hydrogens (tertiary/aromatic N) is 4. The number of nitrogens with one attached hydrogen (secondary N) is 1. The minimum absolute atomic E-state index is 0.672. The molecule has 0 unspecified atom stereocenters. The van der Waals surface area contributed by atoms with E-state index in [1.165, 1.54) is 11.1 Å². The molecule has 8 nitrogen and oxygen atoms in total. The predicted octanol–water partition coefficient (Wildman–Crippen LogP) is 4.51. The largest absolute Gasteiger partial charge is 0.493 e. The van der Waals surface area contributed by atoms with Crippen molar-refractivity contribution in [3.05, 3.63) is 65.1 Å². The summed E-state index contributed by atoms with van der Waals surface area (Å²) >= 11 is 0. The molecule has 2 aliphatic heterocycles. The Morgan fingerprint density at radius 2 is 1.81 bits per heavy atom. The molecule has 0 radical (unpaired) electrons.